The van der Waals surface area contributed by atoms with Gasteiger partial charge in [-0.15, -0.1) is 0 Å². The molecule has 0 aliphatic rings. The molecular formula is C15H13NOS. The standard InChI is InChI=1S/C15H13NOS/c1-10-5-7-11(8-6-10)18-14-9-16-12-3-2-4-13(17)15(12)14/h2-9,16-17H,1H3. The van der Waals surface area contributed by atoms with Crippen molar-refractivity contribution in [2.24, 2.45) is 0 Å². The van der Waals surface area contributed by atoms with Crippen LogP contribution in [-0.2, 0) is 0 Å². The van der Waals surface area contributed by atoms with Gasteiger partial charge < -0.3 is 10.1 Å². The maximum Gasteiger partial charge on any atom is 0.126 e. The summed E-state index contributed by atoms with van der Waals surface area (Å²) in [5.41, 5.74) is 2.21. The Labute approximate surface area is 110 Å². The van der Waals surface area contributed by atoms with Crippen molar-refractivity contribution in [1.29, 1.82) is 0 Å². The number of H-pyrrole nitrogens is 1. The number of phenolic OH excluding ortho intramolecular Hbond substituents is 1. The van der Waals surface area contributed by atoms with E-state index in [0.717, 1.165) is 15.8 Å². The Morgan fingerprint density at radius 1 is 1.06 bits per heavy atom. The molecule has 3 rings (SSSR count). The Bertz CT molecular complexity index is 685. The molecule has 0 saturated carbocycles. The van der Waals surface area contributed by atoms with Gasteiger partial charge in [-0.1, -0.05) is 35.5 Å². The first-order valence-electron chi connectivity index (χ1n) is 5.77. The average molecular weight is 255 g/mol. The lowest BCUT2D eigenvalue weighted by Gasteiger charge is -2.02. The predicted octanol–water partition coefficient (Wildman–Crippen LogP) is 4.33. The second-order valence-electron chi connectivity index (χ2n) is 4.27. The number of phenols is 1. The number of aromatic hydroxyl groups is 1. The Morgan fingerprint density at radius 3 is 2.61 bits per heavy atom. The van der Waals surface area contributed by atoms with Crippen molar-refractivity contribution >= 4 is 22.7 Å². The smallest absolute Gasteiger partial charge is 0.126 e. The lowest BCUT2D eigenvalue weighted by atomic mass is 10.2. The van der Waals surface area contributed by atoms with E-state index >= 15 is 0 Å². The van der Waals surface area contributed by atoms with Gasteiger partial charge in [0.05, 0.1) is 10.9 Å². The first kappa shape index (κ1) is 11.2. The van der Waals surface area contributed by atoms with Crippen molar-refractivity contribution in [2.45, 2.75) is 16.7 Å². The van der Waals surface area contributed by atoms with E-state index in [4.69, 9.17) is 0 Å². The van der Waals surface area contributed by atoms with Crippen LogP contribution in [0.4, 0.5) is 0 Å². The number of fused-ring (bicyclic) bond motifs is 1. The monoisotopic (exact) mass is 255 g/mol. The largest absolute Gasteiger partial charge is 0.507 e. The minimum Gasteiger partial charge on any atom is -0.507 e. The highest BCUT2D eigenvalue weighted by Gasteiger charge is 2.08. The van der Waals surface area contributed by atoms with Gasteiger partial charge in [0.25, 0.3) is 0 Å². The minimum absolute atomic E-state index is 0.323. The lowest BCUT2D eigenvalue weighted by molar-refractivity contribution is 0.481. The van der Waals surface area contributed by atoms with Crippen molar-refractivity contribution in [3.8, 4) is 5.75 Å². The SMILES string of the molecule is Cc1ccc(Sc2c[nH]c3cccc(O)c23)cc1. The van der Waals surface area contributed by atoms with Gasteiger partial charge in [-0.2, -0.15) is 0 Å². The molecule has 2 N–H and O–H groups in total. The van der Waals surface area contributed by atoms with E-state index in [9.17, 15) is 5.11 Å². The maximum absolute atomic E-state index is 9.93. The van der Waals surface area contributed by atoms with Crippen LogP contribution in [0.25, 0.3) is 10.9 Å². The van der Waals surface area contributed by atoms with Crippen molar-refractivity contribution in [2.75, 3.05) is 0 Å². The number of nitrogens with one attached hydrogen (secondary N) is 1. The lowest BCUT2D eigenvalue weighted by Crippen LogP contribution is -1.74. The molecule has 2 aromatic carbocycles. The van der Waals surface area contributed by atoms with E-state index < -0.39 is 0 Å². The summed E-state index contributed by atoms with van der Waals surface area (Å²) in [5.74, 6) is 0.323. The van der Waals surface area contributed by atoms with Crippen LogP contribution >= 0.6 is 11.8 Å². The fourth-order valence-electron chi connectivity index (χ4n) is 1.95. The Kier molecular flexibility index (Phi) is 2.76. The second-order valence-corrected chi connectivity index (χ2v) is 5.38. The summed E-state index contributed by atoms with van der Waals surface area (Å²) in [5, 5.41) is 10.8. The van der Waals surface area contributed by atoms with E-state index in [0.29, 0.717) is 5.75 Å². The number of aryl methyl sites for hydroxylation is 1. The third kappa shape index (κ3) is 1.97. The van der Waals surface area contributed by atoms with Gasteiger partial charge in [0.2, 0.25) is 0 Å². The zero-order chi connectivity index (χ0) is 12.5. The van der Waals surface area contributed by atoms with Gasteiger partial charge in [0, 0.05) is 16.0 Å². The topological polar surface area (TPSA) is 36.0 Å². The van der Waals surface area contributed by atoms with Crippen molar-refractivity contribution in [1.82, 2.24) is 4.98 Å². The van der Waals surface area contributed by atoms with E-state index in [1.165, 1.54) is 10.5 Å². The van der Waals surface area contributed by atoms with Crippen LogP contribution in [0, 0.1) is 6.92 Å². The van der Waals surface area contributed by atoms with Crippen molar-refractivity contribution in [3.63, 3.8) is 0 Å². The van der Waals surface area contributed by atoms with Crippen LogP contribution in [-0.4, -0.2) is 10.1 Å². The molecule has 0 saturated heterocycles. The van der Waals surface area contributed by atoms with E-state index in [-0.39, 0.29) is 0 Å². The highest BCUT2D eigenvalue weighted by atomic mass is 32.2. The maximum atomic E-state index is 9.93. The summed E-state index contributed by atoms with van der Waals surface area (Å²) in [6, 6.07) is 13.9. The summed E-state index contributed by atoms with van der Waals surface area (Å²) >= 11 is 1.66. The molecule has 18 heavy (non-hydrogen) atoms. The molecule has 2 nitrogen and oxygen atoms in total. The highest BCUT2D eigenvalue weighted by Crippen LogP contribution is 2.37. The van der Waals surface area contributed by atoms with E-state index in [1.807, 2.05) is 18.3 Å². The molecule has 3 heteroatoms. The fraction of sp³-hybridized carbons (Fsp3) is 0.0667. The highest BCUT2D eigenvalue weighted by molar-refractivity contribution is 7.99. The Balaban J connectivity index is 2.02. The van der Waals surface area contributed by atoms with Crippen LogP contribution in [0.3, 0.4) is 0 Å². The molecule has 0 aliphatic carbocycles. The molecule has 1 aromatic heterocycles. The minimum atomic E-state index is 0.323. The summed E-state index contributed by atoms with van der Waals surface area (Å²) < 4.78 is 0. The molecular weight excluding hydrogens is 242 g/mol. The molecule has 0 radical (unpaired) electrons. The second kappa shape index (κ2) is 4.42. The molecule has 0 amide bonds. The molecule has 0 aliphatic heterocycles. The van der Waals surface area contributed by atoms with Crippen LogP contribution in [0.15, 0.2) is 58.5 Å². The first-order valence-corrected chi connectivity index (χ1v) is 6.59. The fourth-order valence-corrected chi connectivity index (χ4v) is 2.91. The van der Waals surface area contributed by atoms with Gasteiger partial charge >= 0.3 is 0 Å². The van der Waals surface area contributed by atoms with Crippen LogP contribution in [0.5, 0.6) is 5.75 Å². The van der Waals surface area contributed by atoms with Gasteiger partial charge in [0.15, 0.2) is 0 Å². The summed E-state index contributed by atoms with van der Waals surface area (Å²) in [7, 11) is 0. The first-order chi connectivity index (χ1) is 8.74. The van der Waals surface area contributed by atoms with Crippen LogP contribution < -0.4 is 0 Å². The van der Waals surface area contributed by atoms with Crippen molar-refractivity contribution < 1.29 is 5.11 Å². The molecule has 90 valence electrons. The van der Waals surface area contributed by atoms with Crippen molar-refractivity contribution in [3.05, 3.63) is 54.2 Å². The summed E-state index contributed by atoms with van der Waals surface area (Å²) in [4.78, 5) is 5.40. The third-order valence-electron chi connectivity index (χ3n) is 2.90. The Morgan fingerprint density at radius 2 is 1.83 bits per heavy atom. The number of hydrogen-bond donors (Lipinski definition) is 2. The number of aromatic nitrogens is 1. The quantitative estimate of drug-likeness (QED) is 0.715. The van der Waals surface area contributed by atoms with Gasteiger partial charge in [0.1, 0.15) is 5.75 Å². The molecule has 0 bridgehead atoms. The summed E-state index contributed by atoms with van der Waals surface area (Å²) in [6.45, 7) is 2.08. The van der Waals surface area contributed by atoms with Gasteiger partial charge in [-0.05, 0) is 31.2 Å². The summed E-state index contributed by atoms with van der Waals surface area (Å²) in [6.07, 6.45) is 1.94. The van der Waals surface area contributed by atoms with Gasteiger partial charge in [-0.25, -0.2) is 0 Å². The normalized spacial score (nSPS) is 10.9. The van der Waals surface area contributed by atoms with Crippen LogP contribution in [0.2, 0.25) is 0 Å². The molecule has 0 spiro atoms. The third-order valence-corrected chi connectivity index (χ3v) is 3.95. The molecule has 0 unspecified atom stereocenters. The van der Waals surface area contributed by atoms with Crippen LogP contribution in [0.1, 0.15) is 5.56 Å². The number of aromatic amines is 1. The Hall–Kier alpha value is -1.87. The zero-order valence-electron chi connectivity index (χ0n) is 9.97. The average Bonchev–Trinajstić information content (AvgIpc) is 2.77. The van der Waals surface area contributed by atoms with Gasteiger partial charge in [-0.3, -0.25) is 0 Å². The molecule has 3 aromatic rings. The molecule has 0 fully saturated rings. The number of rotatable bonds is 2. The predicted molar refractivity (Wildman–Crippen MR) is 75.3 cm³/mol. The van der Waals surface area contributed by atoms with E-state index in [1.54, 1.807) is 17.8 Å². The zero-order valence-corrected chi connectivity index (χ0v) is 10.8. The molecule has 0 atom stereocenters. The number of hydrogen-bond acceptors (Lipinski definition) is 2. The number of benzene rings is 2. The van der Waals surface area contributed by atoms with E-state index in [2.05, 4.69) is 36.2 Å². The molecule has 1 heterocycles.